The zero-order valence-electron chi connectivity index (χ0n) is 15.9. The molecule has 1 saturated carbocycles. The summed E-state index contributed by atoms with van der Waals surface area (Å²) in [6.45, 7) is 7.51. The third-order valence-electron chi connectivity index (χ3n) is 6.63. The molecule has 2 aliphatic heterocycles. The summed E-state index contributed by atoms with van der Waals surface area (Å²) in [5.41, 5.74) is 6.28. The minimum atomic E-state index is 0.155. The fourth-order valence-corrected chi connectivity index (χ4v) is 4.87. The summed E-state index contributed by atoms with van der Waals surface area (Å²) in [6, 6.07) is 10.00. The molecule has 26 heavy (non-hydrogen) atoms. The number of nitrogens with zero attached hydrogens (tertiary/aromatic N) is 2. The molecule has 1 aromatic heterocycles. The highest BCUT2D eigenvalue weighted by Crippen LogP contribution is 2.49. The van der Waals surface area contributed by atoms with Crippen molar-refractivity contribution in [3.05, 3.63) is 47.3 Å². The Morgan fingerprint density at radius 1 is 1.27 bits per heavy atom. The number of hydrogen-bond acceptors (Lipinski definition) is 2. The molecule has 3 heterocycles. The van der Waals surface area contributed by atoms with Crippen molar-refractivity contribution in [3.63, 3.8) is 0 Å². The molecule has 4 nitrogen and oxygen atoms in total. The van der Waals surface area contributed by atoms with Crippen LogP contribution in [0.25, 0.3) is 0 Å². The third kappa shape index (κ3) is 2.46. The van der Waals surface area contributed by atoms with E-state index in [0.29, 0.717) is 18.5 Å². The second-order valence-electron chi connectivity index (χ2n) is 8.89. The molecule has 2 aromatic rings. The lowest BCUT2D eigenvalue weighted by atomic mass is 10.0. The molecule has 2 unspecified atom stereocenters. The van der Waals surface area contributed by atoms with Crippen LogP contribution in [0.4, 0.5) is 11.4 Å². The first-order valence-electron chi connectivity index (χ1n) is 9.78. The van der Waals surface area contributed by atoms with Gasteiger partial charge < -0.3 is 14.8 Å². The molecule has 2 fully saturated rings. The summed E-state index contributed by atoms with van der Waals surface area (Å²) >= 11 is 0. The topological polar surface area (TPSA) is 37.3 Å². The van der Waals surface area contributed by atoms with Crippen molar-refractivity contribution in [2.75, 3.05) is 16.8 Å². The lowest BCUT2D eigenvalue weighted by molar-refractivity contribution is -0.117. The number of hydrogen-bond donors (Lipinski definition) is 1. The van der Waals surface area contributed by atoms with Gasteiger partial charge in [0.25, 0.3) is 0 Å². The monoisotopic (exact) mass is 349 g/mol. The van der Waals surface area contributed by atoms with Gasteiger partial charge in [-0.3, -0.25) is 4.79 Å². The Labute approximate surface area is 155 Å². The van der Waals surface area contributed by atoms with Gasteiger partial charge in [-0.15, -0.1) is 0 Å². The summed E-state index contributed by atoms with van der Waals surface area (Å²) in [6.07, 6.45) is 6.42. The molecular formula is C22H27N3O. The minimum Gasteiger partial charge on any atom is -0.361 e. The van der Waals surface area contributed by atoms with Crippen LogP contribution >= 0.6 is 0 Å². The van der Waals surface area contributed by atoms with Crippen molar-refractivity contribution < 1.29 is 4.79 Å². The van der Waals surface area contributed by atoms with Gasteiger partial charge in [-0.25, -0.2) is 0 Å². The Bertz CT molecular complexity index is 870. The molecule has 2 bridgehead atoms. The standard InChI is InChI=1S/C22H27N3O/c1-14-9-16(25-13-17-11-19(25)18-5-4-8-24(17)18)10-15(2)21(14)23-20(26)12-22(3)6-7-22/h4-5,8-10,17,19H,6-7,11-13H2,1-3H3,(H,23,26). The Hall–Kier alpha value is -2.23. The fraction of sp³-hybridized carbons (Fsp3) is 0.500. The second kappa shape index (κ2) is 5.38. The minimum absolute atomic E-state index is 0.155. The summed E-state index contributed by atoms with van der Waals surface area (Å²) in [4.78, 5) is 14.9. The fourth-order valence-electron chi connectivity index (χ4n) is 4.87. The quantitative estimate of drug-likeness (QED) is 0.866. The van der Waals surface area contributed by atoms with Gasteiger partial charge in [0.05, 0.1) is 12.1 Å². The van der Waals surface area contributed by atoms with Gasteiger partial charge in [0.2, 0.25) is 5.91 Å². The zero-order valence-corrected chi connectivity index (χ0v) is 15.9. The molecule has 2 atom stereocenters. The molecule has 5 rings (SSSR count). The molecule has 1 N–H and O–H groups in total. The van der Waals surface area contributed by atoms with Gasteiger partial charge in [0, 0.05) is 36.2 Å². The van der Waals surface area contributed by atoms with Crippen molar-refractivity contribution in [1.82, 2.24) is 4.57 Å². The van der Waals surface area contributed by atoms with Crippen LogP contribution in [0.3, 0.4) is 0 Å². The molecular weight excluding hydrogens is 322 g/mol. The average molecular weight is 349 g/mol. The Kier molecular flexibility index (Phi) is 3.31. The van der Waals surface area contributed by atoms with E-state index in [1.165, 1.54) is 30.6 Å². The Morgan fingerprint density at radius 2 is 2.00 bits per heavy atom. The van der Waals surface area contributed by atoms with E-state index >= 15 is 0 Å². The van der Waals surface area contributed by atoms with Crippen LogP contribution in [0.5, 0.6) is 0 Å². The molecule has 1 aromatic carbocycles. The predicted octanol–water partition coefficient (Wildman–Crippen LogP) is 4.74. The summed E-state index contributed by atoms with van der Waals surface area (Å²) in [7, 11) is 0. The van der Waals surface area contributed by atoms with Crippen LogP contribution in [0.15, 0.2) is 30.5 Å². The van der Waals surface area contributed by atoms with Crippen LogP contribution in [0, 0.1) is 19.3 Å². The van der Waals surface area contributed by atoms with Crippen LogP contribution in [-0.4, -0.2) is 17.0 Å². The number of fused-ring (bicyclic) bond motifs is 5. The number of nitrogens with one attached hydrogen (secondary N) is 1. The molecule has 1 aliphatic carbocycles. The number of anilines is 2. The maximum atomic E-state index is 12.4. The van der Waals surface area contributed by atoms with E-state index in [9.17, 15) is 4.79 Å². The molecule has 136 valence electrons. The highest BCUT2D eigenvalue weighted by molar-refractivity contribution is 5.93. The highest BCUT2D eigenvalue weighted by atomic mass is 16.1. The van der Waals surface area contributed by atoms with Crippen LogP contribution in [-0.2, 0) is 4.79 Å². The van der Waals surface area contributed by atoms with Crippen LogP contribution in [0.2, 0.25) is 0 Å². The summed E-state index contributed by atoms with van der Waals surface area (Å²) in [5.74, 6) is 0.155. The Balaban J connectivity index is 1.38. The van der Waals surface area contributed by atoms with E-state index < -0.39 is 0 Å². The molecule has 3 aliphatic rings. The van der Waals surface area contributed by atoms with Crippen LogP contribution < -0.4 is 10.2 Å². The van der Waals surface area contributed by atoms with Gasteiger partial charge in [-0.05, 0) is 73.9 Å². The number of aryl methyl sites for hydroxylation is 2. The summed E-state index contributed by atoms with van der Waals surface area (Å²) < 4.78 is 2.44. The van der Waals surface area contributed by atoms with E-state index in [4.69, 9.17) is 0 Å². The van der Waals surface area contributed by atoms with Crippen molar-refractivity contribution >= 4 is 17.3 Å². The van der Waals surface area contributed by atoms with Crippen LogP contribution in [0.1, 0.15) is 61.5 Å². The number of rotatable bonds is 4. The Morgan fingerprint density at radius 3 is 2.69 bits per heavy atom. The van der Waals surface area contributed by atoms with Crippen molar-refractivity contribution in [3.8, 4) is 0 Å². The highest BCUT2D eigenvalue weighted by Gasteiger charge is 2.42. The zero-order chi connectivity index (χ0) is 18.1. The molecule has 1 amide bonds. The largest absolute Gasteiger partial charge is 0.361 e. The number of aromatic nitrogens is 1. The first-order valence-corrected chi connectivity index (χ1v) is 9.78. The maximum absolute atomic E-state index is 12.4. The maximum Gasteiger partial charge on any atom is 0.224 e. The first-order chi connectivity index (χ1) is 12.4. The van der Waals surface area contributed by atoms with E-state index in [1.807, 2.05) is 0 Å². The van der Waals surface area contributed by atoms with Gasteiger partial charge in [-0.2, -0.15) is 0 Å². The number of carbonyl (C=O) groups excluding carboxylic acids is 1. The normalized spacial score (nSPS) is 24.7. The molecule has 0 radical (unpaired) electrons. The molecule has 0 spiro atoms. The predicted molar refractivity (Wildman–Crippen MR) is 105 cm³/mol. The average Bonchev–Trinajstić information content (AvgIpc) is 3.01. The first kappa shape index (κ1) is 16.0. The van der Waals surface area contributed by atoms with Crippen molar-refractivity contribution in [2.45, 2.75) is 58.5 Å². The number of carbonyl (C=O) groups is 1. The van der Waals surface area contributed by atoms with Crippen molar-refractivity contribution in [2.24, 2.45) is 5.41 Å². The summed E-state index contributed by atoms with van der Waals surface area (Å²) in [5, 5.41) is 3.18. The SMILES string of the molecule is Cc1cc(N2CC3CC2c2cccn23)cc(C)c1NC(=O)CC1(C)CC1. The third-order valence-corrected chi connectivity index (χ3v) is 6.63. The van der Waals surface area contributed by atoms with E-state index in [2.05, 4.69) is 66.0 Å². The van der Waals surface area contributed by atoms with E-state index in [0.717, 1.165) is 23.4 Å². The smallest absolute Gasteiger partial charge is 0.224 e. The van der Waals surface area contributed by atoms with Gasteiger partial charge in [0.15, 0.2) is 0 Å². The van der Waals surface area contributed by atoms with Crippen molar-refractivity contribution in [1.29, 1.82) is 0 Å². The lowest BCUT2D eigenvalue weighted by Gasteiger charge is -2.31. The molecule has 1 saturated heterocycles. The number of benzene rings is 1. The van der Waals surface area contributed by atoms with E-state index in [-0.39, 0.29) is 11.3 Å². The van der Waals surface area contributed by atoms with Gasteiger partial charge in [-0.1, -0.05) is 6.92 Å². The van der Waals surface area contributed by atoms with Gasteiger partial charge >= 0.3 is 0 Å². The molecule has 4 heteroatoms. The lowest BCUT2D eigenvalue weighted by Crippen LogP contribution is -2.29. The second-order valence-corrected chi connectivity index (χ2v) is 8.89. The van der Waals surface area contributed by atoms with E-state index in [1.54, 1.807) is 0 Å². The van der Waals surface area contributed by atoms with Gasteiger partial charge in [0.1, 0.15) is 0 Å². The number of amides is 1.